The standard InChI is InChI=1S/C48H92O6/c1-6-7-8-9-10-11-14-19-24-30-35-40-48(51)54-45(42-53-47(50)39-34-29-25-20-22-27-32-37-44(4)5)41-52-46(49)38-33-28-23-18-16-13-12-15-17-21-26-31-36-43(2)3/h43-45H,6-42H2,1-5H3/t45-/m1/s1. The van der Waals surface area contributed by atoms with Crippen LogP contribution < -0.4 is 0 Å². The molecular formula is C48H92O6. The number of unbranched alkanes of at least 4 members (excludes halogenated alkanes) is 27. The van der Waals surface area contributed by atoms with Crippen LogP contribution in [0.2, 0.25) is 0 Å². The van der Waals surface area contributed by atoms with Gasteiger partial charge in [-0.2, -0.15) is 0 Å². The van der Waals surface area contributed by atoms with Crippen LogP contribution in [-0.2, 0) is 28.6 Å². The van der Waals surface area contributed by atoms with E-state index in [9.17, 15) is 14.4 Å². The van der Waals surface area contributed by atoms with Crippen molar-refractivity contribution in [2.75, 3.05) is 13.2 Å². The number of esters is 3. The Hall–Kier alpha value is -1.59. The van der Waals surface area contributed by atoms with E-state index >= 15 is 0 Å². The third kappa shape index (κ3) is 41.6. The number of rotatable bonds is 42. The molecular weight excluding hydrogens is 673 g/mol. The molecule has 0 unspecified atom stereocenters. The minimum Gasteiger partial charge on any atom is -0.462 e. The molecule has 0 saturated heterocycles. The predicted octanol–water partition coefficient (Wildman–Crippen LogP) is 15.0. The molecule has 0 aliphatic carbocycles. The maximum Gasteiger partial charge on any atom is 0.306 e. The van der Waals surface area contributed by atoms with Gasteiger partial charge in [0.15, 0.2) is 6.10 Å². The molecule has 0 amide bonds. The second-order valence-corrected chi connectivity index (χ2v) is 17.3. The predicted molar refractivity (Wildman–Crippen MR) is 229 cm³/mol. The topological polar surface area (TPSA) is 78.9 Å². The summed E-state index contributed by atoms with van der Waals surface area (Å²) in [7, 11) is 0. The lowest BCUT2D eigenvalue weighted by molar-refractivity contribution is -0.167. The fraction of sp³-hybridized carbons (Fsp3) is 0.938. The fourth-order valence-corrected chi connectivity index (χ4v) is 7.11. The Kier molecular flexibility index (Phi) is 39.8. The molecule has 0 aliphatic heterocycles. The van der Waals surface area contributed by atoms with Crippen molar-refractivity contribution in [1.82, 2.24) is 0 Å². The Morgan fingerprint density at radius 2 is 0.611 bits per heavy atom. The summed E-state index contributed by atoms with van der Waals surface area (Å²) >= 11 is 0. The molecule has 0 bridgehead atoms. The molecule has 0 aliphatic rings. The molecule has 6 heteroatoms. The second kappa shape index (κ2) is 41.1. The van der Waals surface area contributed by atoms with Crippen molar-refractivity contribution in [2.45, 2.75) is 265 Å². The van der Waals surface area contributed by atoms with Gasteiger partial charge in [-0.3, -0.25) is 14.4 Å². The van der Waals surface area contributed by atoms with E-state index in [-0.39, 0.29) is 31.1 Å². The third-order valence-electron chi connectivity index (χ3n) is 10.7. The van der Waals surface area contributed by atoms with Crippen LogP contribution >= 0.6 is 0 Å². The summed E-state index contributed by atoms with van der Waals surface area (Å²) in [5.74, 6) is 0.758. The molecule has 0 aromatic carbocycles. The quantitative estimate of drug-likeness (QED) is 0.0350. The number of carbonyl (C=O) groups is 3. The van der Waals surface area contributed by atoms with Crippen LogP contribution in [0.15, 0.2) is 0 Å². The molecule has 0 aromatic heterocycles. The van der Waals surface area contributed by atoms with Gasteiger partial charge < -0.3 is 14.2 Å². The van der Waals surface area contributed by atoms with Gasteiger partial charge in [-0.1, -0.05) is 221 Å². The Bertz CT molecular complexity index is 824. The van der Waals surface area contributed by atoms with E-state index in [0.717, 1.165) is 69.6 Å². The first kappa shape index (κ1) is 52.4. The summed E-state index contributed by atoms with van der Waals surface area (Å²) in [6.07, 6.45) is 39.5. The van der Waals surface area contributed by atoms with E-state index in [1.54, 1.807) is 0 Å². The molecule has 0 fully saturated rings. The normalized spacial score (nSPS) is 12.1. The van der Waals surface area contributed by atoms with Gasteiger partial charge >= 0.3 is 17.9 Å². The zero-order valence-electron chi connectivity index (χ0n) is 36.8. The van der Waals surface area contributed by atoms with Crippen LogP contribution in [0.3, 0.4) is 0 Å². The van der Waals surface area contributed by atoms with Crippen LogP contribution in [0.5, 0.6) is 0 Å². The van der Waals surface area contributed by atoms with Crippen LogP contribution in [-0.4, -0.2) is 37.2 Å². The molecule has 1 atom stereocenters. The first-order chi connectivity index (χ1) is 26.2. The van der Waals surface area contributed by atoms with Crippen molar-refractivity contribution >= 4 is 17.9 Å². The highest BCUT2D eigenvalue weighted by molar-refractivity contribution is 5.71. The minimum atomic E-state index is -0.760. The van der Waals surface area contributed by atoms with Gasteiger partial charge in [-0.05, 0) is 31.1 Å². The number of hydrogen-bond acceptors (Lipinski definition) is 6. The van der Waals surface area contributed by atoms with E-state index in [1.165, 1.54) is 148 Å². The molecule has 0 saturated carbocycles. The Morgan fingerprint density at radius 3 is 0.907 bits per heavy atom. The van der Waals surface area contributed by atoms with Crippen LogP contribution in [0, 0.1) is 11.8 Å². The Morgan fingerprint density at radius 1 is 0.352 bits per heavy atom. The molecule has 0 N–H and O–H groups in total. The molecule has 0 aromatic rings. The van der Waals surface area contributed by atoms with E-state index in [1.807, 2.05) is 0 Å². The zero-order valence-corrected chi connectivity index (χ0v) is 36.8. The molecule has 0 heterocycles. The third-order valence-corrected chi connectivity index (χ3v) is 10.7. The highest BCUT2D eigenvalue weighted by atomic mass is 16.6. The van der Waals surface area contributed by atoms with Gasteiger partial charge in [-0.25, -0.2) is 0 Å². The Balaban J connectivity index is 4.30. The molecule has 54 heavy (non-hydrogen) atoms. The van der Waals surface area contributed by atoms with Crippen molar-refractivity contribution in [1.29, 1.82) is 0 Å². The first-order valence-corrected chi connectivity index (χ1v) is 23.7. The number of carbonyl (C=O) groups excluding carboxylic acids is 3. The largest absolute Gasteiger partial charge is 0.462 e. The monoisotopic (exact) mass is 765 g/mol. The minimum absolute atomic E-state index is 0.0648. The van der Waals surface area contributed by atoms with Crippen LogP contribution in [0.4, 0.5) is 0 Å². The summed E-state index contributed by atoms with van der Waals surface area (Å²) in [5.41, 5.74) is 0. The fourth-order valence-electron chi connectivity index (χ4n) is 7.11. The van der Waals surface area contributed by atoms with Gasteiger partial charge in [0.2, 0.25) is 0 Å². The van der Waals surface area contributed by atoms with Gasteiger partial charge in [-0.15, -0.1) is 0 Å². The van der Waals surface area contributed by atoms with Crippen LogP contribution in [0.1, 0.15) is 259 Å². The van der Waals surface area contributed by atoms with Gasteiger partial charge in [0, 0.05) is 19.3 Å². The smallest absolute Gasteiger partial charge is 0.306 e. The average molecular weight is 765 g/mol. The average Bonchev–Trinajstić information content (AvgIpc) is 3.14. The molecule has 0 rings (SSSR count). The molecule has 6 nitrogen and oxygen atoms in total. The van der Waals surface area contributed by atoms with Crippen molar-refractivity contribution in [3.63, 3.8) is 0 Å². The second-order valence-electron chi connectivity index (χ2n) is 17.3. The Labute approximate surface area is 336 Å². The van der Waals surface area contributed by atoms with Crippen molar-refractivity contribution in [3.8, 4) is 0 Å². The molecule has 0 radical (unpaired) electrons. The van der Waals surface area contributed by atoms with Crippen molar-refractivity contribution < 1.29 is 28.6 Å². The number of ether oxygens (including phenoxy) is 3. The first-order valence-electron chi connectivity index (χ1n) is 23.7. The summed E-state index contributed by atoms with van der Waals surface area (Å²) < 4.78 is 16.7. The summed E-state index contributed by atoms with van der Waals surface area (Å²) in [4.78, 5) is 37.7. The van der Waals surface area contributed by atoms with E-state index < -0.39 is 6.10 Å². The highest BCUT2D eigenvalue weighted by Crippen LogP contribution is 2.17. The zero-order chi connectivity index (χ0) is 39.7. The molecule has 320 valence electrons. The lowest BCUT2D eigenvalue weighted by Gasteiger charge is -2.18. The van der Waals surface area contributed by atoms with Crippen molar-refractivity contribution in [2.24, 2.45) is 11.8 Å². The maximum atomic E-state index is 12.7. The van der Waals surface area contributed by atoms with Gasteiger partial charge in [0.05, 0.1) is 0 Å². The maximum absolute atomic E-state index is 12.7. The van der Waals surface area contributed by atoms with Gasteiger partial charge in [0.1, 0.15) is 13.2 Å². The molecule has 0 spiro atoms. The highest BCUT2D eigenvalue weighted by Gasteiger charge is 2.19. The van der Waals surface area contributed by atoms with Crippen LogP contribution in [0.25, 0.3) is 0 Å². The number of hydrogen-bond donors (Lipinski definition) is 0. The summed E-state index contributed by atoms with van der Waals surface area (Å²) in [6, 6.07) is 0. The van der Waals surface area contributed by atoms with Gasteiger partial charge in [0.25, 0.3) is 0 Å². The van der Waals surface area contributed by atoms with E-state index in [2.05, 4.69) is 34.6 Å². The lowest BCUT2D eigenvalue weighted by atomic mass is 10.0. The van der Waals surface area contributed by atoms with E-state index in [4.69, 9.17) is 14.2 Å². The summed E-state index contributed by atoms with van der Waals surface area (Å²) in [6.45, 7) is 11.3. The van der Waals surface area contributed by atoms with Crippen molar-refractivity contribution in [3.05, 3.63) is 0 Å². The van der Waals surface area contributed by atoms with E-state index in [0.29, 0.717) is 19.3 Å². The lowest BCUT2D eigenvalue weighted by Crippen LogP contribution is -2.30. The summed E-state index contributed by atoms with van der Waals surface area (Å²) in [5, 5.41) is 0. The SMILES string of the molecule is CCCCCCCCCCCCCC(=O)O[C@H](COC(=O)CCCCCCCCCCCCCCC(C)C)COC(=O)CCCCCCCCCC(C)C.